The smallest absolute Gasteiger partial charge is 0.0294 e. The highest BCUT2D eigenvalue weighted by atomic mass is 79.9. The van der Waals surface area contributed by atoms with Crippen LogP contribution in [0, 0.1) is 0 Å². The molecule has 0 aromatic carbocycles. The van der Waals surface area contributed by atoms with Crippen molar-refractivity contribution in [1.29, 1.82) is 0 Å². The van der Waals surface area contributed by atoms with Crippen LogP contribution in [-0.4, -0.2) is 5.33 Å². The fourth-order valence-corrected chi connectivity index (χ4v) is 1.94. The van der Waals surface area contributed by atoms with Crippen molar-refractivity contribution in [3.63, 3.8) is 0 Å². The Morgan fingerprint density at radius 2 is 2.10 bits per heavy atom. The minimum atomic E-state index is 0.794. The van der Waals surface area contributed by atoms with Gasteiger partial charge in [-0.05, 0) is 24.5 Å². The van der Waals surface area contributed by atoms with E-state index in [0.717, 1.165) is 33.8 Å². The van der Waals surface area contributed by atoms with Gasteiger partial charge in [-0.2, -0.15) is 0 Å². The molecule has 0 unspecified atom stereocenters. The molecular weight excluding hydrogens is 235 g/mol. The summed E-state index contributed by atoms with van der Waals surface area (Å²) in [5.41, 5.74) is 1.11. The maximum atomic E-state index is 5.89. The van der Waals surface area contributed by atoms with Gasteiger partial charge in [-0.1, -0.05) is 39.1 Å². The number of halogens is 3. The van der Waals surface area contributed by atoms with Gasteiger partial charge in [-0.3, -0.25) is 0 Å². The van der Waals surface area contributed by atoms with Gasteiger partial charge < -0.3 is 0 Å². The minimum absolute atomic E-state index is 0.794. The van der Waals surface area contributed by atoms with Crippen molar-refractivity contribution in [3.05, 3.63) is 21.7 Å². The first-order chi connectivity index (χ1) is 4.74. The van der Waals surface area contributed by atoms with E-state index in [2.05, 4.69) is 15.9 Å². The number of hydrogen-bond acceptors (Lipinski definition) is 0. The summed E-state index contributed by atoms with van der Waals surface area (Å²) in [5.74, 6) is 0. The molecule has 0 heterocycles. The molecule has 0 fully saturated rings. The second kappa shape index (κ2) is 3.80. The molecule has 10 heavy (non-hydrogen) atoms. The second-order valence-corrected chi connectivity index (χ2v) is 3.66. The molecule has 0 aromatic rings. The predicted octanol–water partition coefficient (Wildman–Crippen LogP) is 3.79. The van der Waals surface area contributed by atoms with Crippen LogP contribution in [0.2, 0.25) is 0 Å². The average Bonchev–Trinajstić information content (AvgIpc) is 1.94. The molecule has 0 nitrogen and oxygen atoms in total. The van der Waals surface area contributed by atoms with Gasteiger partial charge in [0.2, 0.25) is 0 Å². The third-order valence-electron chi connectivity index (χ3n) is 1.41. The molecule has 0 N–H and O–H groups in total. The van der Waals surface area contributed by atoms with Crippen LogP contribution in [0.1, 0.15) is 12.8 Å². The lowest BCUT2D eigenvalue weighted by molar-refractivity contribution is 0.981. The Labute approximate surface area is 79.0 Å². The van der Waals surface area contributed by atoms with Gasteiger partial charge in [0.1, 0.15) is 0 Å². The van der Waals surface area contributed by atoms with Gasteiger partial charge >= 0.3 is 0 Å². The molecule has 0 bridgehead atoms. The summed E-state index contributed by atoms with van der Waals surface area (Å²) >= 11 is 15.0. The van der Waals surface area contributed by atoms with Gasteiger partial charge in [0.25, 0.3) is 0 Å². The van der Waals surface area contributed by atoms with Crippen LogP contribution in [0.5, 0.6) is 0 Å². The third kappa shape index (κ3) is 2.01. The zero-order valence-corrected chi connectivity index (χ0v) is 8.43. The van der Waals surface area contributed by atoms with Gasteiger partial charge in [-0.15, -0.1) is 0 Å². The number of allylic oxidation sites excluding steroid dienone is 4. The van der Waals surface area contributed by atoms with Crippen LogP contribution < -0.4 is 0 Å². The lowest BCUT2D eigenvalue weighted by Gasteiger charge is -2.09. The summed E-state index contributed by atoms with van der Waals surface area (Å²) in [6, 6.07) is 0. The topological polar surface area (TPSA) is 0 Å². The van der Waals surface area contributed by atoms with Crippen molar-refractivity contribution in [2.24, 2.45) is 0 Å². The highest BCUT2D eigenvalue weighted by Gasteiger charge is 2.08. The van der Waals surface area contributed by atoms with Crippen molar-refractivity contribution in [2.75, 3.05) is 5.33 Å². The molecular formula is C7H7BrCl2. The lowest BCUT2D eigenvalue weighted by Crippen LogP contribution is -1.92. The minimum Gasteiger partial charge on any atom is -0.0891 e. The molecule has 0 aliphatic heterocycles. The zero-order chi connectivity index (χ0) is 7.56. The molecule has 0 aromatic heterocycles. The number of rotatable bonds is 1. The van der Waals surface area contributed by atoms with E-state index < -0.39 is 0 Å². The van der Waals surface area contributed by atoms with Crippen LogP contribution in [0.4, 0.5) is 0 Å². The highest BCUT2D eigenvalue weighted by Crippen LogP contribution is 2.29. The van der Waals surface area contributed by atoms with Crippen molar-refractivity contribution in [3.8, 4) is 0 Å². The maximum Gasteiger partial charge on any atom is 0.0294 e. The SMILES string of the molecule is ClC1=CC(CBr)=C(Cl)CC1. The van der Waals surface area contributed by atoms with E-state index in [-0.39, 0.29) is 0 Å². The van der Waals surface area contributed by atoms with Crippen molar-refractivity contribution >= 4 is 39.1 Å². The lowest BCUT2D eigenvalue weighted by atomic mass is 10.1. The molecule has 0 amide bonds. The fraction of sp³-hybridized carbons (Fsp3) is 0.429. The van der Waals surface area contributed by atoms with Crippen LogP contribution in [0.3, 0.4) is 0 Å². The molecule has 56 valence electrons. The molecule has 0 saturated carbocycles. The van der Waals surface area contributed by atoms with Gasteiger partial charge in [-0.25, -0.2) is 0 Å². The molecule has 0 spiro atoms. The molecule has 1 rings (SSSR count). The highest BCUT2D eigenvalue weighted by molar-refractivity contribution is 9.09. The van der Waals surface area contributed by atoms with E-state index in [4.69, 9.17) is 23.2 Å². The van der Waals surface area contributed by atoms with E-state index in [1.165, 1.54) is 0 Å². The van der Waals surface area contributed by atoms with E-state index >= 15 is 0 Å². The van der Waals surface area contributed by atoms with Crippen molar-refractivity contribution < 1.29 is 0 Å². The monoisotopic (exact) mass is 240 g/mol. The molecule has 3 heteroatoms. The first kappa shape index (κ1) is 8.63. The molecule has 1 aliphatic rings. The Hall–Kier alpha value is 0.540. The molecule has 0 radical (unpaired) electrons. The van der Waals surface area contributed by atoms with Crippen molar-refractivity contribution in [1.82, 2.24) is 0 Å². The number of alkyl halides is 1. The van der Waals surface area contributed by atoms with Crippen molar-refractivity contribution in [2.45, 2.75) is 12.8 Å². The van der Waals surface area contributed by atoms with Gasteiger partial charge in [0.15, 0.2) is 0 Å². The Morgan fingerprint density at radius 3 is 2.60 bits per heavy atom. The second-order valence-electron chi connectivity index (χ2n) is 2.15. The van der Waals surface area contributed by atoms with Gasteiger partial charge in [0.05, 0.1) is 0 Å². The summed E-state index contributed by atoms with van der Waals surface area (Å²) in [5, 5.41) is 2.63. The van der Waals surface area contributed by atoms with E-state index in [1.807, 2.05) is 6.08 Å². The predicted molar refractivity (Wildman–Crippen MR) is 49.8 cm³/mol. The van der Waals surface area contributed by atoms with E-state index in [9.17, 15) is 0 Å². The Morgan fingerprint density at radius 1 is 1.40 bits per heavy atom. The summed E-state index contributed by atoms with van der Waals surface area (Å²) in [6.45, 7) is 0. The quantitative estimate of drug-likeness (QED) is 0.613. The fourth-order valence-electron chi connectivity index (χ4n) is 0.840. The standard InChI is InChI=1S/C7H7BrCl2/c8-4-5-3-6(9)1-2-7(5)10/h3H,1-2,4H2. The summed E-state index contributed by atoms with van der Waals surface area (Å²) in [4.78, 5) is 0. The summed E-state index contributed by atoms with van der Waals surface area (Å²) in [7, 11) is 0. The number of hydrogen-bond donors (Lipinski definition) is 0. The first-order valence-corrected chi connectivity index (χ1v) is 4.91. The summed E-state index contributed by atoms with van der Waals surface area (Å²) < 4.78 is 0. The first-order valence-electron chi connectivity index (χ1n) is 3.03. The van der Waals surface area contributed by atoms with Gasteiger partial charge in [0, 0.05) is 15.4 Å². The van der Waals surface area contributed by atoms with Crippen LogP contribution >= 0.6 is 39.1 Å². The Kier molecular flexibility index (Phi) is 3.28. The molecule has 1 aliphatic carbocycles. The third-order valence-corrected chi connectivity index (χ3v) is 2.74. The largest absolute Gasteiger partial charge is 0.0891 e. The maximum absolute atomic E-state index is 5.89. The van der Waals surface area contributed by atoms with Crippen LogP contribution in [0.25, 0.3) is 0 Å². The Bertz CT molecular complexity index is 194. The van der Waals surface area contributed by atoms with Crippen LogP contribution in [0.15, 0.2) is 21.7 Å². The summed E-state index contributed by atoms with van der Waals surface area (Å²) in [6.07, 6.45) is 3.71. The van der Waals surface area contributed by atoms with Crippen LogP contribution in [-0.2, 0) is 0 Å². The average molecular weight is 242 g/mol. The normalized spacial score (nSPS) is 19.3. The zero-order valence-electron chi connectivity index (χ0n) is 5.33. The molecule has 0 saturated heterocycles. The Balaban J connectivity index is 2.82. The van der Waals surface area contributed by atoms with E-state index in [1.54, 1.807) is 0 Å². The molecule has 0 atom stereocenters. The van der Waals surface area contributed by atoms with E-state index in [0.29, 0.717) is 0 Å².